The molecule has 0 unspecified atom stereocenters. The van der Waals surface area contributed by atoms with E-state index in [2.05, 4.69) is 5.32 Å². The number of amides is 1. The minimum absolute atomic E-state index is 0.0441. The molecule has 3 aromatic rings. The fourth-order valence-electron chi connectivity index (χ4n) is 3.56. The molecule has 0 bridgehead atoms. The molecule has 0 atom stereocenters. The maximum Gasteiger partial charge on any atom is 0.272 e. The zero-order chi connectivity index (χ0) is 22.2. The predicted molar refractivity (Wildman–Crippen MR) is 118 cm³/mol. The molecule has 160 valence electrons. The van der Waals surface area contributed by atoms with Gasteiger partial charge in [0.2, 0.25) is 0 Å². The van der Waals surface area contributed by atoms with Crippen LogP contribution < -0.4 is 5.32 Å². The SMILES string of the molecule is Cc1cc(C(=O)Nc2ccc3c(c2)CN(S(=O)(=O)c2cccs2)CC3)ccc1[N+](=O)[O-]. The van der Waals surface area contributed by atoms with Crippen molar-refractivity contribution in [3.63, 3.8) is 0 Å². The van der Waals surface area contributed by atoms with Gasteiger partial charge in [0.1, 0.15) is 4.21 Å². The molecule has 31 heavy (non-hydrogen) atoms. The molecule has 1 aliphatic heterocycles. The van der Waals surface area contributed by atoms with Crippen LogP contribution in [-0.2, 0) is 23.0 Å². The van der Waals surface area contributed by atoms with E-state index in [1.54, 1.807) is 36.6 Å². The van der Waals surface area contributed by atoms with Gasteiger partial charge in [-0.2, -0.15) is 4.31 Å². The van der Waals surface area contributed by atoms with E-state index in [0.29, 0.717) is 34.0 Å². The van der Waals surface area contributed by atoms with E-state index in [4.69, 9.17) is 0 Å². The van der Waals surface area contributed by atoms with Gasteiger partial charge in [-0.25, -0.2) is 8.42 Å². The molecule has 1 aromatic heterocycles. The number of carbonyl (C=O) groups excluding carboxylic acids is 1. The van der Waals surface area contributed by atoms with Crippen molar-refractivity contribution in [1.29, 1.82) is 0 Å². The van der Waals surface area contributed by atoms with E-state index in [-0.39, 0.29) is 12.2 Å². The van der Waals surface area contributed by atoms with E-state index >= 15 is 0 Å². The summed E-state index contributed by atoms with van der Waals surface area (Å²) in [4.78, 5) is 23.1. The van der Waals surface area contributed by atoms with Gasteiger partial charge in [0, 0.05) is 36.0 Å². The van der Waals surface area contributed by atoms with Gasteiger partial charge in [-0.3, -0.25) is 14.9 Å². The first-order valence-electron chi connectivity index (χ1n) is 9.47. The maximum absolute atomic E-state index is 12.8. The normalized spacial score (nSPS) is 14.1. The number of aryl methyl sites for hydroxylation is 1. The first-order chi connectivity index (χ1) is 14.8. The second kappa shape index (κ2) is 8.22. The summed E-state index contributed by atoms with van der Waals surface area (Å²) in [5.74, 6) is -0.392. The first kappa shape index (κ1) is 21.2. The smallest absolute Gasteiger partial charge is 0.272 e. The predicted octanol–water partition coefficient (Wildman–Crippen LogP) is 3.96. The van der Waals surface area contributed by atoms with Crippen molar-refractivity contribution in [1.82, 2.24) is 4.31 Å². The molecule has 0 aliphatic carbocycles. The van der Waals surface area contributed by atoms with Crippen molar-refractivity contribution < 1.29 is 18.1 Å². The highest BCUT2D eigenvalue weighted by molar-refractivity contribution is 7.91. The van der Waals surface area contributed by atoms with E-state index < -0.39 is 20.9 Å². The number of fused-ring (bicyclic) bond motifs is 1. The van der Waals surface area contributed by atoms with Crippen LogP contribution in [0, 0.1) is 17.0 Å². The summed E-state index contributed by atoms with van der Waals surface area (Å²) >= 11 is 1.19. The second-order valence-corrected chi connectivity index (χ2v) is 10.3. The van der Waals surface area contributed by atoms with Crippen LogP contribution in [0.3, 0.4) is 0 Å². The second-order valence-electron chi connectivity index (χ2n) is 7.22. The van der Waals surface area contributed by atoms with Crippen molar-refractivity contribution in [2.75, 3.05) is 11.9 Å². The highest BCUT2D eigenvalue weighted by Gasteiger charge is 2.29. The van der Waals surface area contributed by atoms with Gasteiger partial charge in [-0.05, 0) is 60.2 Å². The molecule has 1 aliphatic rings. The van der Waals surface area contributed by atoms with Crippen molar-refractivity contribution >= 4 is 38.6 Å². The number of rotatable bonds is 5. The molecule has 1 N–H and O–H groups in total. The third-order valence-corrected chi connectivity index (χ3v) is 8.40. The third kappa shape index (κ3) is 4.22. The topological polar surface area (TPSA) is 110 Å². The number of hydrogen-bond acceptors (Lipinski definition) is 6. The van der Waals surface area contributed by atoms with Crippen molar-refractivity contribution in [3.8, 4) is 0 Å². The van der Waals surface area contributed by atoms with E-state index in [9.17, 15) is 23.3 Å². The number of nitrogens with zero attached hydrogens (tertiary/aromatic N) is 2. The Balaban J connectivity index is 1.53. The third-order valence-electron chi connectivity index (χ3n) is 5.19. The summed E-state index contributed by atoms with van der Waals surface area (Å²) in [5, 5.41) is 15.5. The standard InChI is InChI=1S/C21H19N3O5S2/c1-14-11-16(5-7-19(14)24(26)27)21(25)22-18-6-4-15-8-9-23(13-17(15)12-18)31(28,29)20-3-2-10-30-20/h2-7,10-12H,8-9,13H2,1H3,(H,22,25). The van der Waals surface area contributed by atoms with Crippen molar-refractivity contribution in [2.45, 2.75) is 24.1 Å². The molecule has 10 heteroatoms. The van der Waals surface area contributed by atoms with E-state index in [1.165, 1.54) is 33.8 Å². The van der Waals surface area contributed by atoms with Crippen LogP contribution in [-0.4, -0.2) is 30.1 Å². The lowest BCUT2D eigenvalue weighted by Crippen LogP contribution is -2.35. The van der Waals surface area contributed by atoms with Gasteiger partial charge in [0.05, 0.1) is 4.92 Å². The van der Waals surface area contributed by atoms with Gasteiger partial charge in [0.25, 0.3) is 21.6 Å². The molecule has 0 spiro atoms. The number of nitro benzene ring substituents is 1. The number of benzene rings is 2. The Labute approximate surface area is 183 Å². The molecule has 2 aromatic carbocycles. The van der Waals surface area contributed by atoms with Crippen LogP contribution in [0.5, 0.6) is 0 Å². The molecular weight excluding hydrogens is 438 g/mol. The van der Waals surface area contributed by atoms with Crippen LogP contribution in [0.4, 0.5) is 11.4 Å². The zero-order valence-corrected chi connectivity index (χ0v) is 18.2. The largest absolute Gasteiger partial charge is 0.322 e. The van der Waals surface area contributed by atoms with Crippen molar-refractivity contribution in [2.24, 2.45) is 0 Å². The van der Waals surface area contributed by atoms with E-state index in [1.807, 2.05) is 6.07 Å². The Bertz CT molecular complexity index is 1270. The lowest BCUT2D eigenvalue weighted by atomic mass is 10.0. The Morgan fingerprint density at radius 3 is 2.65 bits per heavy atom. The van der Waals surface area contributed by atoms with Crippen LogP contribution >= 0.6 is 11.3 Å². The fraction of sp³-hybridized carbons (Fsp3) is 0.190. The molecule has 0 fully saturated rings. The Hall–Kier alpha value is -3.08. The highest BCUT2D eigenvalue weighted by Crippen LogP contribution is 2.29. The van der Waals surface area contributed by atoms with Crippen molar-refractivity contribution in [3.05, 3.63) is 86.3 Å². The Kier molecular flexibility index (Phi) is 5.61. The fourth-order valence-corrected chi connectivity index (χ4v) is 6.12. The van der Waals surface area contributed by atoms with Gasteiger partial charge in [-0.15, -0.1) is 11.3 Å². The number of sulfonamides is 1. The monoisotopic (exact) mass is 457 g/mol. The minimum Gasteiger partial charge on any atom is -0.322 e. The minimum atomic E-state index is -3.55. The number of hydrogen-bond donors (Lipinski definition) is 1. The summed E-state index contributed by atoms with van der Waals surface area (Å²) < 4.78 is 27.4. The zero-order valence-electron chi connectivity index (χ0n) is 16.6. The molecular formula is C21H19N3O5S2. The van der Waals surface area contributed by atoms with Crippen LogP contribution in [0.15, 0.2) is 58.1 Å². The maximum atomic E-state index is 12.8. The van der Waals surface area contributed by atoms with Crippen LogP contribution in [0.1, 0.15) is 27.0 Å². The molecule has 4 rings (SSSR count). The van der Waals surface area contributed by atoms with E-state index in [0.717, 1.165) is 11.1 Å². The number of carbonyl (C=O) groups is 1. The Morgan fingerprint density at radius 2 is 1.97 bits per heavy atom. The average molecular weight is 458 g/mol. The summed E-state index contributed by atoms with van der Waals surface area (Å²) in [5.41, 5.74) is 3.08. The average Bonchev–Trinajstić information content (AvgIpc) is 3.28. The van der Waals surface area contributed by atoms with Gasteiger partial charge >= 0.3 is 0 Å². The number of thiophene rings is 1. The number of anilines is 1. The van der Waals surface area contributed by atoms with Crippen LogP contribution in [0.25, 0.3) is 0 Å². The molecule has 0 radical (unpaired) electrons. The number of nitro groups is 1. The molecule has 0 saturated carbocycles. The lowest BCUT2D eigenvalue weighted by Gasteiger charge is -2.28. The molecule has 8 nitrogen and oxygen atoms in total. The summed E-state index contributed by atoms with van der Waals surface area (Å²) in [7, 11) is -3.55. The number of nitrogens with one attached hydrogen (secondary N) is 1. The quantitative estimate of drug-likeness (QED) is 0.461. The lowest BCUT2D eigenvalue weighted by molar-refractivity contribution is -0.385. The van der Waals surface area contributed by atoms with Gasteiger partial charge in [-0.1, -0.05) is 12.1 Å². The molecule has 0 saturated heterocycles. The Morgan fingerprint density at radius 1 is 1.16 bits per heavy atom. The summed E-state index contributed by atoms with van der Waals surface area (Å²) in [6.07, 6.45) is 0.593. The van der Waals surface area contributed by atoms with Gasteiger partial charge < -0.3 is 5.32 Å². The first-order valence-corrected chi connectivity index (χ1v) is 11.8. The highest BCUT2D eigenvalue weighted by atomic mass is 32.2. The van der Waals surface area contributed by atoms with Gasteiger partial charge in [0.15, 0.2) is 0 Å². The molecule has 2 heterocycles. The summed E-state index contributed by atoms with van der Waals surface area (Å²) in [6, 6.07) is 12.9. The summed E-state index contributed by atoms with van der Waals surface area (Å²) in [6.45, 7) is 2.22. The van der Waals surface area contributed by atoms with Crippen LogP contribution in [0.2, 0.25) is 0 Å². The molecule has 1 amide bonds.